The number of aromatic nitrogens is 3. The minimum absolute atomic E-state index is 0.0551. The molecule has 1 saturated heterocycles. The molecule has 9 heteroatoms. The number of ketones is 1. The molecule has 1 aliphatic heterocycles. The molecule has 3 heterocycles. The summed E-state index contributed by atoms with van der Waals surface area (Å²) in [6.07, 6.45) is 7.30. The molecule has 1 aliphatic rings. The Bertz CT molecular complexity index is 859. The Morgan fingerprint density at radius 1 is 1.13 bits per heavy atom. The number of pyridine rings is 1. The standard InChI is InChI=1S/C20H29N7O2.C2H6/c21-13-17(28)15-3-4-18(23-14-15)24-19-7-12-27(20(29)25-19)9-2-1-8-26-10-5-16(22)6-11-26;1-2/h3-4,7,12,14,16H,1-2,5-6,8-11,13,21-22H2,(H,23,24,25,29);1-2H3. The predicted molar refractivity (Wildman–Crippen MR) is 124 cm³/mol. The first-order valence-corrected chi connectivity index (χ1v) is 11.1. The number of Topliss-reactive ketones (excluding diaryl/α,β-unsaturated/α-hetero) is 1. The van der Waals surface area contributed by atoms with Gasteiger partial charge < -0.3 is 21.7 Å². The van der Waals surface area contributed by atoms with Crippen molar-refractivity contribution in [3.63, 3.8) is 0 Å². The van der Waals surface area contributed by atoms with Gasteiger partial charge in [0.05, 0.1) is 6.54 Å². The number of carbonyl (C=O) groups excluding carboxylic acids is 1. The Morgan fingerprint density at radius 2 is 1.84 bits per heavy atom. The van der Waals surface area contributed by atoms with Crippen molar-refractivity contribution < 1.29 is 4.79 Å². The number of hydrogen-bond donors (Lipinski definition) is 3. The van der Waals surface area contributed by atoms with Crippen LogP contribution in [0.4, 0.5) is 11.6 Å². The summed E-state index contributed by atoms with van der Waals surface area (Å²) in [5, 5.41) is 2.97. The van der Waals surface area contributed by atoms with E-state index in [4.69, 9.17) is 11.5 Å². The number of unbranched alkanes of at least 4 members (excludes halogenated alkanes) is 1. The quantitative estimate of drug-likeness (QED) is 0.406. The minimum atomic E-state index is -0.297. The maximum absolute atomic E-state index is 12.3. The predicted octanol–water partition coefficient (Wildman–Crippen LogP) is 1.75. The van der Waals surface area contributed by atoms with Crippen molar-refractivity contribution in [1.82, 2.24) is 19.4 Å². The Balaban J connectivity index is 0.00000166. The van der Waals surface area contributed by atoms with Crippen LogP contribution in [0.3, 0.4) is 0 Å². The molecule has 2 aromatic heterocycles. The van der Waals surface area contributed by atoms with Crippen LogP contribution in [0.15, 0.2) is 35.4 Å². The molecule has 31 heavy (non-hydrogen) atoms. The largest absolute Gasteiger partial charge is 0.349 e. The zero-order valence-corrected chi connectivity index (χ0v) is 18.6. The van der Waals surface area contributed by atoms with E-state index in [2.05, 4.69) is 20.2 Å². The number of piperidine rings is 1. The van der Waals surface area contributed by atoms with E-state index < -0.39 is 0 Å². The number of nitrogens with one attached hydrogen (secondary N) is 1. The lowest BCUT2D eigenvalue weighted by atomic mass is 10.1. The van der Waals surface area contributed by atoms with Crippen molar-refractivity contribution in [1.29, 1.82) is 0 Å². The number of rotatable bonds is 9. The molecule has 9 nitrogen and oxygen atoms in total. The van der Waals surface area contributed by atoms with Gasteiger partial charge in [-0.3, -0.25) is 9.36 Å². The third kappa shape index (κ3) is 7.86. The first-order valence-electron chi connectivity index (χ1n) is 11.1. The first kappa shape index (κ1) is 24.6. The molecule has 0 saturated carbocycles. The second kappa shape index (κ2) is 12.9. The molecule has 0 spiro atoms. The monoisotopic (exact) mass is 429 g/mol. The maximum Gasteiger partial charge on any atom is 0.349 e. The second-order valence-corrected chi connectivity index (χ2v) is 7.36. The minimum Gasteiger partial charge on any atom is -0.328 e. The molecule has 0 bridgehead atoms. The lowest BCUT2D eigenvalue weighted by Gasteiger charge is -2.29. The van der Waals surface area contributed by atoms with Crippen LogP contribution in [0.1, 0.15) is 49.9 Å². The highest BCUT2D eigenvalue weighted by Crippen LogP contribution is 2.12. The fourth-order valence-corrected chi connectivity index (χ4v) is 3.34. The molecule has 0 unspecified atom stereocenters. The Labute approximate surface area is 183 Å². The van der Waals surface area contributed by atoms with Crippen molar-refractivity contribution in [3.8, 4) is 0 Å². The molecule has 0 aliphatic carbocycles. The zero-order chi connectivity index (χ0) is 22.6. The topological polar surface area (TPSA) is 132 Å². The summed E-state index contributed by atoms with van der Waals surface area (Å²) in [5.74, 6) is 0.749. The van der Waals surface area contributed by atoms with E-state index in [0.29, 0.717) is 29.8 Å². The number of hydrogen-bond acceptors (Lipinski definition) is 8. The SMILES string of the molecule is CC.NCC(=O)c1ccc(Nc2ccn(CCCCN3CCC(N)CC3)c(=O)n2)nc1. The normalized spacial score (nSPS) is 14.6. The fourth-order valence-electron chi connectivity index (χ4n) is 3.34. The van der Waals surface area contributed by atoms with Crippen LogP contribution in [-0.2, 0) is 6.54 Å². The van der Waals surface area contributed by atoms with Crippen molar-refractivity contribution in [2.75, 3.05) is 31.5 Å². The average molecular weight is 430 g/mol. The van der Waals surface area contributed by atoms with E-state index in [1.807, 2.05) is 13.8 Å². The molecule has 1 fully saturated rings. The Hall–Kier alpha value is -2.62. The second-order valence-electron chi connectivity index (χ2n) is 7.36. The first-order chi connectivity index (χ1) is 15.0. The molecular weight excluding hydrogens is 394 g/mol. The number of nitrogens with zero attached hydrogens (tertiary/aromatic N) is 4. The van der Waals surface area contributed by atoms with Gasteiger partial charge in [0.2, 0.25) is 0 Å². The Kier molecular flexibility index (Phi) is 10.3. The zero-order valence-electron chi connectivity index (χ0n) is 18.6. The van der Waals surface area contributed by atoms with Crippen LogP contribution in [0, 0.1) is 0 Å². The van der Waals surface area contributed by atoms with Gasteiger partial charge in [0, 0.05) is 30.5 Å². The van der Waals surface area contributed by atoms with Crippen molar-refractivity contribution in [2.24, 2.45) is 11.5 Å². The molecule has 0 radical (unpaired) electrons. The van der Waals surface area contributed by atoms with Gasteiger partial charge in [-0.15, -0.1) is 0 Å². The summed E-state index contributed by atoms with van der Waals surface area (Å²) in [4.78, 5) is 34.4. The van der Waals surface area contributed by atoms with E-state index in [-0.39, 0.29) is 18.0 Å². The van der Waals surface area contributed by atoms with E-state index in [0.717, 1.165) is 45.3 Å². The van der Waals surface area contributed by atoms with Gasteiger partial charge in [-0.25, -0.2) is 9.78 Å². The number of nitrogens with two attached hydrogens (primary N) is 2. The number of likely N-dealkylation sites (tertiary alicyclic amines) is 1. The molecule has 2 aromatic rings. The van der Waals surface area contributed by atoms with Crippen LogP contribution in [0.2, 0.25) is 0 Å². The molecule has 3 rings (SSSR count). The lowest BCUT2D eigenvalue weighted by Crippen LogP contribution is -2.40. The summed E-state index contributed by atoms with van der Waals surface area (Å²) < 4.78 is 1.62. The molecule has 0 amide bonds. The fraction of sp³-hybridized carbons (Fsp3) is 0.545. The van der Waals surface area contributed by atoms with Crippen LogP contribution < -0.4 is 22.5 Å². The van der Waals surface area contributed by atoms with Gasteiger partial charge in [-0.2, -0.15) is 4.98 Å². The molecule has 170 valence electrons. The van der Waals surface area contributed by atoms with Crippen LogP contribution in [0.25, 0.3) is 0 Å². The number of aryl methyl sites for hydroxylation is 1. The van der Waals surface area contributed by atoms with Crippen LogP contribution in [-0.4, -0.2) is 57.4 Å². The summed E-state index contributed by atoms with van der Waals surface area (Å²) in [6, 6.07) is 5.39. The Morgan fingerprint density at radius 3 is 2.45 bits per heavy atom. The average Bonchev–Trinajstić information content (AvgIpc) is 2.80. The maximum atomic E-state index is 12.3. The molecule has 5 N–H and O–H groups in total. The third-order valence-electron chi connectivity index (χ3n) is 5.16. The van der Waals surface area contributed by atoms with Crippen molar-refractivity contribution >= 4 is 17.4 Å². The highest BCUT2D eigenvalue weighted by atomic mass is 16.1. The summed E-state index contributed by atoms with van der Waals surface area (Å²) >= 11 is 0. The number of carbonyl (C=O) groups is 1. The van der Waals surface area contributed by atoms with Gasteiger partial charge in [-0.05, 0) is 63.5 Å². The van der Waals surface area contributed by atoms with E-state index >= 15 is 0 Å². The molecule has 0 aromatic carbocycles. The van der Waals surface area contributed by atoms with Gasteiger partial charge in [0.25, 0.3) is 0 Å². The smallest absolute Gasteiger partial charge is 0.328 e. The van der Waals surface area contributed by atoms with Gasteiger partial charge in [-0.1, -0.05) is 13.8 Å². The van der Waals surface area contributed by atoms with E-state index in [1.54, 1.807) is 29.0 Å². The lowest BCUT2D eigenvalue weighted by molar-refractivity contribution is 0.100. The van der Waals surface area contributed by atoms with Crippen LogP contribution >= 0.6 is 0 Å². The highest BCUT2D eigenvalue weighted by Gasteiger charge is 2.15. The van der Waals surface area contributed by atoms with E-state index in [9.17, 15) is 9.59 Å². The summed E-state index contributed by atoms with van der Waals surface area (Å²) in [7, 11) is 0. The third-order valence-corrected chi connectivity index (χ3v) is 5.16. The van der Waals surface area contributed by atoms with Gasteiger partial charge >= 0.3 is 5.69 Å². The molecular formula is C22H35N7O2. The van der Waals surface area contributed by atoms with Crippen molar-refractivity contribution in [2.45, 2.75) is 52.1 Å². The van der Waals surface area contributed by atoms with Gasteiger partial charge in [0.1, 0.15) is 11.6 Å². The summed E-state index contributed by atoms with van der Waals surface area (Å²) in [6.45, 7) is 7.77. The van der Waals surface area contributed by atoms with Crippen molar-refractivity contribution in [3.05, 3.63) is 46.6 Å². The summed E-state index contributed by atoms with van der Waals surface area (Å²) in [5.41, 5.74) is 11.4. The van der Waals surface area contributed by atoms with Crippen LogP contribution in [0.5, 0.6) is 0 Å². The number of anilines is 2. The molecule has 0 atom stereocenters. The van der Waals surface area contributed by atoms with Gasteiger partial charge in [0.15, 0.2) is 5.78 Å². The highest BCUT2D eigenvalue weighted by molar-refractivity contribution is 5.97. The van der Waals surface area contributed by atoms with E-state index in [1.165, 1.54) is 6.20 Å².